The molecule has 0 spiro atoms. The average Bonchev–Trinajstić information content (AvgIpc) is 2.37. The van der Waals surface area contributed by atoms with Crippen LogP contribution in [0.3, 0.4) is 0 Å². The van der Waals surface area contributed by atoms with E-state index in [2.05, 4.69) is 4.84 Å². The maximum absolute atomic E-state index is 11.3. The zero-order chi connectivity index (χ0) is 16.3. The molecule has 0 heterocycles. The van der Waals surface area contributed by atoms with Gasteiger partial charge < -0.3 is 20.3 Å². The predicted molar refractivity (Wildman–Crippen MR) is 67.4 cm³/mol. The number of ether oxygens (including phenoxy) is 1. The van der Waals surface area contributed by atoms with Gasteiger partial charge in [-0.1, -0.05) is 6.42 Å². The molecule has 124 valence electrons. The lowest BCUT2D eigenvalue weighted by Gasteiger charge is -2.16. The lowest BCUT2D eigenvalue weighted by Crippen LogP contribution is -2.47. The minimum Gasteiger partial charge on any atom is -0.480 e. The van der Waals surface area contributed by atoms with E-state index in [0.717, 1.165) is 12.8 Å². The summed E-state index contributed by atoms with van der Waals surface area (Å²) in [5, 5.41) is 36.1. The van der Waals surface area contributed by atoms with Crippen molar-refractivity contribution in [1.82, 2.24) is 10.7 Å². The molecule has 0 aliphatic heterocycles. The molecule has 2 atom stereocenters. The molecule has 0 rings (SSSR count). The van der Waals surface area contributed by atoms with Gasteiger partial charge in [-0.3, -0.25) is 15.3 Å². The number of aliphatic hydroxyl groups is 1. The summed E-state index contributed by atoms with van der Waals surface area (Å²) in [5.74, 6) is -1.34. The lowest BCUT2D eigenvalue weighted by atomic mass is 10.2. The largest absolute Gasteiger partial charge is 0.480 e. The molecular formula is C11H22N2O8. The van der Waals surface area contributed by atoms with Gasteiger partial charge in [-0.2, -0.15) is 0 Å². The summed E-state index contributed by atoms with van der Waals surface area (Å²) in [6.07, 6.45) is 0.515. The number of carbonyl (C=O) groups is 2. The monoisotopic (exact) mass is 310 g/mol. The molecule has 2 unspecified atom stereocenters. The van der Waals surface area contributed by atoms with E-state index in [1.165, 1.54) is 6.92 Å². The van der Waals surface area contributed by atoms with E-state index in [1.807, 2.05) is 5.32 Å². The first-order valence-electron chi connectivity index (χ1n) is 6.49. The van der Waals surface area contributed by atoms with Crippen LogP contribution in [0.25, 0.3) is 0 Å². The van der Waals surface area contributed by atoms with Gasteiger partial charge in [0.25, 0.3) is 0 Å². The lowest BCUT2D eigenvalue weighted by molar-refractivity contribution is -0.492. The Morgan fingerprint density at radius 1 is 1.14 bits per heavy atom. The van der Waals surface area contributed by atoms with E-state index in [4.69, 9.17) is 25.4 Å². The molecule has 0 aliphatic rings. The highest BCUT2D eigenvalue weighted by Gasteiger charge is 2.25. The highest BCUT2D eigenvalue weighted by molar-refractivity contribution is 5.80. The topological polar surface area (TPSA) is 149 Å². The van der Waals surface area contributed by atoms with Crippen LogP contribution in [-0.2, 0) is 14.4 Å². The predicted octanol–water partition coefficient (Wildman–Crippen LogP) is 0.119. The van der Waals surface area contributed by atoms with Crippen molar-refractivity contribution in [3.63, 3.8) is 0 Å². The number of hydrogen-bond donors (Lipinski definition) is 5. The Hall–Kier alpha value is -1.46. The van der Waals surface area contributed by atoms with Crippen LogP contribution in [0.15, 0.2) is 0 Å². The smallest absolute Gasteiger partial charge is 0.407 e. The number of carboxylic acid groups (broad SMARTS) is 1. The van der Waals surface area contributed by atoms with Gasteiger partial charge in [0.2, 0.25) is 0 Å². The van der Waals surface area contributed by atoms with Gasteiger partial charge in [-0.15, -0.1) is 0 Å². The number of carbonyl (C=O) groups excluding carboxylic acids is 1. The van der Waals surface area contributed by atoms with Crippen molar-refractivity contribution in [3.05, 3.63) is 0 Å². The molecule has 0 saturated carbocycles. The van der Waals surface area contributed by atoms with Crippen LogP contribution >= 0.6 is 0 Å². The third-order valence-electron chi connectivity index (χ3n) is 2.50. The van der Waals surface area contributed by atoms with E-state index in [-0.39, 0.29) is 18.6 Å². The van der Waals surface area contributed by atoms with Crippen molar-refractivity contribution in [2.24, 2.45) is 0 Å². The fourth-order valence-electron chi connectivity index (χ4n) is 1.43. The number of amides is 1. The summed E-state index contributed by atoms with van der Waals surface area (Å²) >= 11 is 0. The second-order valence-corrected chi connectivity index (χ2v) is 4.34. The Morgan fingerprint density at radius 2 is 1.71 bits per heavy atom. The molecule has 0 aromatic carbocycles. The van der Waals surface area contributed by atoms with Crippen LogP contribution in [0.4, 0.5) is 4.79 Å². The quantitative estimate of drug-likeness (QED) is 0.265. The first-order valence-corrected chi connectivity index (χ1v) is 6.49. The first-order chi connectivity index (χ1) is 9.84. The molecule has 0 aliphatic carbocycles. The van der Waals surface area contributed by atoms with E-state index in [0.29, 0.717) is 12.8 Å². The fraction of sp³-hybridized carbons (Fsp3) is 0.818. The van der Waals surface area contributed by atoms with Gasteiger partial charge in [-0.05, 0) is 26.2 Å². The number of alkyl carbamates (subject to hydrolysis) is 1. The van der Waals surface area contributed by atoms with E-state index in [1.54, 1.807) is 0 Å². The minimum atomic E-state index is -1.41. The van der Waals surface area contributed by atoms with Crippen molar-refractivity contribution >= 4 is 12.1 Å². The normalized spacial score (nSPS) is 13.8. The first kappa shape index (κ1) is 19.5. The highest BCUT2D eigenvalue weighted by atomic mass is 17.1. The van der Waals surface area contributed by atoms with Crippen molar-refractivity contribution in [2.75, 3.05) is 13.2 Å². The van der Waals surface area contributed by atoms with Gasteiger partial charge >= 0.3 is 12.1 Å². The number of nitrogens with one attached hydrogen (secondary N) is 1. The summed E-state index contributed by atoms with van der Waals surface area (Å²) in [4.78, 5) is 26.3. The van der Waals surface area contributed by atoms with Gasteiger partial charge in [-0.25, -0.2) is 9.59 Å². The Labute approximate surface area is 121 Å². The molecule has 0 radical (unpaired) electrons. The third-order valence-corrected chi connectivity index (χ3v) is 2.50. The summed E-state index contributed by atoms with van der Waals surface area (Å²) in [6.45, 7) is 1.52. The van der Waals surface area contributed by atoms with Crippen LogP contribution in [0.2, 0.25) is 0 Å². The van der Waals surface area contributed by atoms with Crippen LogP contribution in [0, 0.1) is 0 Å². The van der Waals surface area contributed by atoms with Gasteiger partial charge in [0.1, 0.15) is 0 Å². The molecule has 0 aromatic heterocycles. The number of hydrogen-bond acceptors (Lipinski definition) is 8. The molecule has 21 heavy (non-hydrogen) atoms. The zero-order valence-corrected chi connectivity index (χ0v) is 11.8. The average molecular weight is 310 g/mol. The molecule has 5 N–H and O–H groups in total. The maximum Gasteiger partial charge on any atom is 0.407 e. The molecule has 10 heteroatoms. The summed E-state index contributed by atoms with van der Waals surface area (Å²) in [6, 6.07) is -1.41. The van der Waals surface area contributed by atoms with Crippen molar-refractivity contribution in [2.45, 2.75) is 44.8 Å². The fourth-order valence-corrected chi connectivity index (χ4v) is 1.43. The second kappa shape index (κ2) is 11.2. The number of aliphatic hydroxyl groups excluding tert-OH is 1. The Morgan fingerprint density at radius 3 is 2.19 bits per heavy atom. The Kier molecular flexibility index (Phi) is 10.4. The van der Waals surface area contributed by atoms with Gasteiger partial charge in [0, 0.05) is 0 Å². The molecule has 10 nitrogen and oxygen atoms in total. The van der Waals surface area contributed by atoms with E-state index >= 15 is 0 Å². The number of nitrogens with zero attached hydrogens (tertiary/aromatic N) is 1. The van der Waals surface area contributed by atoms with Crippen LogP contribution in [0.1, 0.15) is 32.6 Å². The SMILES string of the molecule is CC(O)C(NC(=O)OCCCCCCON(O)O)C(=O)O. The standard InChI is InChI=1S/C11H22N2O8/c1-8(14)9(10(15)16)12-11(17)20-6-4-2-3-5-7-21-13(18)19/h8-9,14,18-19H,2-7H2,1H3,(H,12,17)(H,15,16). The number of aliphatic carboxylic acids is 1. The second-order valence-electron chi connectivity index (χ2n) is 4.34. The summed E-state index contributed by atoms with van der Waals surface area (Å²) in [5.41, 5.74) is 0. The highest BCUT2D eigenvalue weighted by Crippen LogP contribution is 2.01. The molecule has 0 aromatic rings. The molecule has 0 bridgehead atoms. The Balaban J connectivity index is 3.60. The summed E-state index contributed by atoms with van der Waals surface area (Å²) in [7, 11) is 0. The molecule has 0 saturated heterocycles. The van der Waals surface area contributed by atoms with Crippen molar-refractivity contribution in [1.29, 1.82) is 0 Å². The maximum atomic E-state index is 11.3. The minimum absolute atomic E-state index is 0.116. The summed E-state index contributed by atoms with van der Waals surface area (Å²) < 4.78 is 4.77. The molecule has 0 fully saturated rings. The van der Waals surface area contributed by atoms with Crippen molar-refractivity contribution in [3.8, 4) is 0 Å². The number of rotatable bonds is 11. The van der Waals surface area contributed by atoms with Crippen LogP contribution in [0.5, 0.6) is 0 Å². The van der Waals surface area contributed by atoms with Crippen molar-refractivity contribution < 1.29 is 39.8 Å². The van der Waals surface area contributed by atoms with E-state index < -0.39 is 24.2 Å². The Bertz CT molecular complexity index is 311. The van der Waals surface area contributed by atoms with Gasteiger partial charge in [0.05, 0.1) is 24.7 Å². The number of carboxylic acids is 1. The molecule has 1 amide bonds. The van der Waals surface area contributed by atoms with Gasteiger partial charge in [0.15, 0.2) is 6.04 Å². The molecular weight excluding hydrogens is 288 g/mol. The zero-order valence-electron chi connectivity index (χ0n) is 11.8. The third kappa shape index (κ3) is 10.9. The van der Waals surface area contributed by atoms with E-state index in [9.17, 15) is 9.59 Å². The van der Waals surface area contributed by atoms with Crippen LogP contribution in [-0.4, -0.2) is 63.4 Å². The number of unbranched alkanes of at least 4 members (excludes halogenated alkanes) is 3. The van der Waals surface area contributed by atoms with Crippen LogP contribution < -0.4 is 5.32 Å².